The van der Waals surface area contributed by atoms with Gasteiger partial charge in [-0.05, 0) is 34.6 Å². The Morgan fingerprint density at radius 3 is 2.56 bits per heavy atom. The van der Waals surface area contributed by atoms with Gasteiger partial charge in [-0.1, -0.05) is 50.6 Å². The van der Waals surface area contributed by atoms with Crippen LogP contribution in [-0.4, -0.2) is 54.2 Å². The van der Waals surface area contributed by atoms with Crippen molar-refractivity contribution in [1.82, 2.24) is 9.91 Å². The van der Waals surface area contributed by atoms with E-state index in [1.807, 2.05) is 62.5 Å². The minimum atomic E-state index is -0.237. The van der Waals surface area contributed by atoms with Crippen LogP contribution in [-0.2, 0) is 14.3 Å². The van der Waals surface area contributed by atoms with Crippen molar-refractivity contribution in [3.63, 3.8) is 0 Å². The maximum Gasteiger partial charge on any atom is 0.262 e. The quantitative estimate of drug-likeness (QED) is 0.540. The third-order valence-electron chi connectivity index (χ3n) is 5.15. The van der Waals surface area contributed by atoms with Crippen molar-refractivity contribution in [2.24, 2.45) is 10.5 Å². The molecule has 1 aromatic carbocycles. The van der Waals surface area contributed by atoms with Crippen molar-refractivity contribution < 1.29 is 14.3 Å². The van der Waals surface area contributed by atoms with Crippen LogP contribution in [0.15, 0.2) is 46.9 Å². The molecule has 0 spiro atoms. The number of nitrogens with zero attached hydrogens (tertiary/aromatic N) is 3. The van der Waals surface area contributed by atoms with E-state index in [1.165, 1.54) is 5.01 Å². The molecular weight excluding hydrogens is 446 g/mol. The van der Waals surface area contributed by atoms with E-state index in [-0.39, 0.29) is 29.8 Å². The molecule has 1 atom stereocenters. The van der Waals surface area contributed by atoms with Crippen LogP contribution in [0.2, 0.25) is 5.02 Å². The molecule has 0 fully saturated rings. The molecule has 1 aromatic heterocycles. The van der Waals surface area contributed by atoms with E-state index < -0.39 is 0 Å². The second-order valence-corrected chi connectivity index (χ2v) is 10.5. The van der Waals surface area contributed by atoms with Crippen molar-refractivity contribution in [3.05, 3.63) is 57.2 Å². The highest BCUT2D eigenvalue weighted by molar-refractivity contribution is 7.12. The summed E-state index contributed by atoms with van der Waals surface area (Å²) in [6.07, 6.45) is 0.968. The minimum absolute atomic E-state index is 0.0381. The van der Waals surface area contributed by atoms with Crippen molar-refractivity contribution in [3.8, 4) is 0 Å². The first-order valence-corrected chi connectivity index (χ1v) is 11.9. The molecule has 3 rings (SSSR count). The molecule has 0 radical (unpaired) electrons. The molecule has 0 saturated carbocycles. The summed E-state index contributed by atoms with van der Waals surface area (Å²) in [5.74, 6) is -0.275. The normalized spacial score (nSPS) is 16.2. The minimum Gasteiger partial charge on any atom is -0.383 e. The molecule has 32 heavy (non-hydrogen) atoms. The van der Waals surface area contributed by atoms with E-state index in [4.69, 9.17) is 16.3 Å². The Morgan fingerprint density at radius 1 is 1.25 bits per heavy atom. The summed E-state index contributed by atoms with van der Waals surface area (Å²) >= 11 is 7.67. The van der Waals surface area contributed by atoms with Crippen molar-refractivity contribution in [2.45, 2.75) is 39.7 Å². The van der Waals surface area contributed by atoms with Crippen LogP contribution in [0.4, 0.5) is 0 Å². The largest absolute Gasteiger partial charge is 0.383 e. The third-order valence-corrected chi connectivity index (χ3v) is 6.32. The number of amides is 2. The Balaban J connectivity index is 1.84. The Bertz CT molecular complexity index is 952. The molecule has 2 heterocycles. The lowest BCUT2D eigenvalue weighted by molar-refractivity contribution is -0.143. The number of thiophene rings is 1. The smallest absolute Gasteiger partial charge is 0.262 e. The van der Waals surface area contributed by atoms with Gasteiger partial charge >= 0.3 is 0 Å². The molecule has 0 N–H and O–H groups in total. The summed E-state index contributed by atoms with van der Waals surface area (Å²) in [5, 5.41) is 8.86. The first-order valence-electron chi connectivity index (χ1n) is 10.6. The number of carbonyl (C=O) groups excluding carboxylic acids is 2. The number of hydrogen-bond donors (Lipinski definition) is 0. The first kappa shape index (κ1) is 24.4. The zero-order chi connectivity index (χ0) is 23.3. The molecule has 0 unspecified atom stereocenters. The number of hydrazone groups is 1. The fourth-order valence-corrected chi connectivity index (χ4v) is 4.42. The number of ether oxygens (including phenoxy) is 1. The van der Waals surface area contributed by atoms with E-state index in [0.717, 1.165) is 16.2 Å². The Hall–Kier alpha value is -2.22. The first-order chi connectivity index (χ1) is 15.2. The summed E-state index contributed by atoms with van der Waals surface area (Å²) in [6.45, 7) is 6.72. The van der Waals surface area contributed by atoms with Gasteiger partial charge in [0.15, 0.2) is 0 Å². The number of methoxy groups -OCH3 is 1. The molecule has 2 amide bonds. The molecule has 1 aliphatic rings. The van der Waals surface area contributed by atoms with Crippen LogP contribution in [0.3, 0.4) is 0 Å². The van der Waals surface area contributed by atoms with Gasteiger partial charge in [-0.2, -0.15) is 5.10 Å². The van der Waals surface area contributed by atoms with Crippen LogP contribution in [0.1, 0.15) is 50.1 Å². The van der Waals surface area contributed by atoms with Gasteiger partial charge in [0, 0.05) is 31.5 Å². The summed E-state index contributed by atoms with van der Waals surface area (Å²) in [4.78, 5) is 28.9. The molecule has 1 aliphatic heterocycles. The SMILES string of the molecule is COCCN(CC(=O)N1N=C(c2cccs2)C[C@H]1c1ccc(Cl)cc1)C(=O)CC(C)(C)C. The second kappa shape index (κ2) is 10.6. The van der Waals surface area contributed by atoms with Gasteiger partial charge < -0.3 is 9.64 Å². The van der Waals surface area contributed by atoms with Crippen LogP contribution in [0, 0.1) is 5.41 Å². The highest BCUT2D eigenvalue weighted by atomic mass is 35.5. The summed E-state index contributed by atoms with van der Waals surface area (Å²) < 4.78 is 5.17. The van der Waals surface area contributed by atoms with Gasteiger partial charge in [-0.15, -0.1) is 11.3 Å². The fourth-order valence-electron chi connectivity index (χ4n) is 3.57. The van der Waals surface area contributed by atoms with Gasteiger partial charge in [0.2, 0.25) is 5.91 Å². The van der Waals surface area contributed by atoms with Crippen LogP contribution < -0.4 is 0 Å². The van der Waals surface area contributed by atoms with Crippen molar-refractivity contribution >= 4 is 40.5 Å². The van der Waals surface area contributed by atoms with Crippen LogP contribution in [0.5, 0.6) is 0 Å². The third kappa shape index (κ3) is 6.40. The highest BCUT2D eigenvalue weighted by Gasteiger charge is 2.35. The standard InChI is InChI=1S/C24H30ClN3O3S/c1-24(2,3)15-22(29)27(11-12-31-4)16-23(30)28-20(17-7-9-18(25)10-8-17)14-19(26-28)21-6-5-13-32-21/h5-10,13,20H,11-12,14-16H2,1-4H3/t20-/m0/s1. The van der Waals surface area contributed by atoms with Gasteiger partial charge in [0.25, 0.3) is 5.91 Å². The summed E-state index contributed by atoms with van der Waals surface area (Å²) in [7, 11) is 1.59. The topological polar surface area (TPSA) is 62.2 Å². The maximum atomic E-state index is 13.4. The maximum absolute atomic E-state index is 13.4. The van der Waals surface area contributed by atoms with Crippen molar-refractivity contribution in [1.29, 1.82) is 0 Å². The number of rotatable bonds is 8. The molecular formula is C24H30ClN3O3S. The molecule has 0 aliphatic carbocycles. The average Bonchev–Trinajstić information content (AvgIpc) is 3.40. The summed E-state index contributed by atoms with van der Waals surface area (Å²) in [6, 6.07) is 11.2. The zero-order valence-corrected chi connectivity index (χ0v) is 20.6. The van der Waals surface area contributed by atoms with E-state index in [1.54, 1.807) is 23.3 Å². The average molecular weight is 476 g/mol. The van der Waals surface area contributed by atoms with Crippen molar-refractivity contribution in [2.75, 3.05) is 26.8 Å². The number of carbonyl (C=O) groups is 2. The Kier molecular flexibility index (Phi) is 8.09. The lowest BCUT2D eigenvalue weighted by atomic mass is 9.91. The van der Waals surface area contributed by atoms with Gasteiger partial charge in [0.1, 0.15) is 6.54 Å². The lowest BCUT2D eigenvalue weighted by Crippen LogP contribution is -2.43. The summed E-state index contributed by atoms with van der Waals surface area (Å²) in [5.41, 5.74) is 1.66. The predicted octanol–water partition coefficient (Wildman–Crippen LogP) is 4.99. The number of benzene rings is 1. The van der Waals surface area contributed by atoms with Gasteiger partial charge in [0.05, 0.1) is 23.2 Å². The van der Waals surface area contributed by atoms with E-state index >= 15 is 0 Å². The van der Waals surface area contributed by atoms with E-state index in [0.29, 0.717) is 31.0 Å². The second-order valence-electron chi connectivity index (χ2n) is 9.08. The van der Waals surface area contributed by atoms with Crippen LogP contribution >= 0.6 is 22.9 Å². The number of hydrogen-bond acceptors (Lipinski definition) is 5. The van der Waals surface area contributed by atoms with E-state index in [2.05, 4.69) is 5.10 Å². The Labute approximate surface area is 198 Å². The highest BCUT2D eigenvalue weighted by Crippen LogP contribution is 2.34. The molecule has 6 nitrogen and oxygen atoms in total. The fraction of sp³-hybridized carbons (Fsp3) is 0.458. The Morgan fingerprint density at radius 2 is 1.97 bits per heavy atom. The zero-order valence-electron chi connectivity index (χ0n) is 19.0. The molecule has 2 aromatic rings. The number of halogens is 1. The lowest BCUT2D eigenvalue weighted by Gasteiger charge is -2.29. The predicted molar refractivity (Wildman–Crippen MR) is 129 cm³/mol. The van der Waals surface area contributed by atoms with Gasteiger partial charge in [-0.25, -0.2) is 5.01 Å². The molecule has 0 bridgehead atoms. The monoisotopic (exact) mass is 475 g/mol. The molecule has 172 valence electrons. The molecule has 0 saturated heterocycles. The van der Waals surface area contributed by atoms with Crippen LogP contribution in [0.25, 0.3) is 0 Å². The van der Waals surface area contributed by atoms with Gasteiger partial charge in [-0.3, -0.25) is 9.59 Å². The van der Waals surface area contributed by atoms with E-state index in [9.17, 15) is 9.59 Å². The molecule has 8 heteroatoms.